The number of nitrogens with two attached hydrogens (primary N) is 2. The number of benzene rings is 2. The lowest BCUT2D eigenvalue weighted by Gasteiger charge is -2.13. The molecule has 4 heteroatoms. The van der Waals surface area contributed by atoms with Crippen molar-refractivity contribution in [3.05, 3.63) is 71.8 Å². The summed E-state index contributed by atoms with van der Waals surface area (Å²) in [5.41, 5.74) is 15.0. The van der Waals surface area contributed by atoms with Crippen molar-refractivity contribution in [3.63, 3.8) is 0 Å². The van der Waals surface area contributed by atoms with Gasteiger partial charge in [0, 0.05) is 23.6 Å². The predicted octanol–water partition coefficient (Wildman–Crippen LogP) is 3.51. The molecule has 0 heterocycles. The first-order valence-electron chi connectivity index (χ1n) is 7.57. The van der Waals surface area contributed by atoms with Crippen LogP contribution in [-0.2, 0) is 12.8 Å². The van der Waals surface area contributed by atoms with E-state index in [9.17, 15) is 0 Å². The third-order valence-electron chi connectivity index (χ3n) is 3.33. The molecule has 118 valence electrons. The highest BCUT2D eigenvalue weighted by Crippen LogP contribution is 2.23. The third-order valence-corrected chi connectivity index (χ3v) is 5.94. The summed E-state index contributed by atoms with van der Waals surface area (Å²) in [7, 11) is 3.66. The van der Waals surface area contributed by atoms with Crippen molar-refractivity contribution in [2.24, 2.45) is 11.5 Å². The molecule has 2 atom stereocenters. The Morgan fingerprint density at radius 1 is 0.636 bits per heavy atom. The summed E-state index contributed by atoms with van der Waals surface area (Å²) in [6.45, 7) is 0. The Hall–Kier alpha value is -0.940. The molecule has 0 aliphatic heterocycles. The van der Waals surface area contributed by atoms with Crippen molar-refractivity contribution in [3.8, 4) is 0 Å². The van der Waals surface area contributed by atoms with Crippen LogP contribution in [0.1, 0.15) is 11.1 Å². The van der Waals surface area contributed by atoms with Gasteiger partial charge < -0.3 is 11.5 Å². The fraction of sp³-hybridized carbons (Fsp3) is 0.333. The van der Waals surface area contributed by atoms with Crippen LogP contribution >= 0.6 is 21.6 Å². The van der Waals surface area contributed by atoms with Crippen LogP contribution in [0.5, 0.6) is 0 Å². The predicted molar refractivity (Wildman–Crippen MR) is 101 cm³/mol. The zero-order chi connectivity index (χ0) is 15.6. The van der Waals surface area contributed by atoms with Gasteiger partial charge in [0.05, 0.1) is 0 Å². The SMILES string of the molecule is N[C@H](CSSC[C@H](N)Cc1ccccc1)Cc1ccccc1. The monoisotopic (exact) mass is 332 g/mol. The maximum Gasteiger partial charge on any atom is 0.0192 e. The average molecular weight is 333 g/mol. The first-order valence-corrected chi connectivity index (χ1v) is 10.1. The van der Waals surface area contributed by atoms with Crippen molar-refractivity contribution in [2.45, 2.75) is 24.9 Å². The summed E-state index contributed by atoms with van der Waals surface area (Å²) in [4.78, 5) is 0. The Kier molecular flexibility index (Phi) is 7.88. The van der Waals surface area contributed by atoms with Crippen molar-refractivity contribution >= 4 is 21.6 Å². The topological polar surface area (TPSA) is 52.0 Å². The summed E-state index contributed by atoms with van der Waals surface area (Å²) in [5.74, 6) is 1.91. The second-order valence-corrected chi connectivity index (χ2v) is 8.02. The van der Waals surface area contributed by atoms with Gasteiger partial charge in [0.1, 0.15) is 0 Å². The highest BCUT2D eigenvalue weighted by Gasteiger charge is 2.07. The van der Waals surface area contributed by atoms with E-state index in [2.05, 4.69) is 48.5 Å². The molecule has 0 saturated carbocycles. The van der Waals surface area contributed by atoms with Crippen LogP contribution in [0.3, 0.4) is 0 Å². The Morgan fingerprint density at radius 2 is 1.00 bits per heavy atom. The molecule has 0 aromatic heterocycles. The zero-order valence-corrected chi connectivity index (χ0v) is 14.4. The Balaban J connectivity index is 1.58. The molecule has 2 aromatic rings. The quantitative estimate of drug-likeness (QED) is 0.545. The lowest BCUT2D eigenvalue weighted by Crippen LogP contribution is -2.26. The zero-order valence-electron chi connectivity index (χ0n) is 12.7. The molecule has 0 spiro atoms. The van der Waals surface area contributed by atoms with E-state index in [4.69, 9.17) is 11.5 Å². The molecule has 22 heavy (non-hydrogen) atoms. The molecule has 2 nitrogen and oxygen atoms in total. The highest BCUT2D eigenvalue weighted by atomic mass is 33.1. The van der Waals surface area contributed by atoms with Crippen LogP contribution in [0, 0.1) is 0 Å². The molecule has 2 aromatic carbocycles. The summed E-state index contributed by atoms with van der Waals surface area (Å²) in [6, 6.07) is 21.2. The minimum atomic E-state index is 0.199. The minimum Gasteiger partial charge on any atom is -0.327 e. The maximum absolute atomic E-state index is 6.18. The van der Waals surface area contributed by atoms with Gasteiger partial charge in [-0.15, -0.1) is 0 Å². The molecule has 0 aliphatic carbocycles. The lowest BCUT2D eigenvalue weighted by molar-refractivity contribution is 0.747. The maximum atomic E-state index is 6.18. The molecule has 0 radical (unpaired) electrons. The molecular weight excluding hydrogens is 308 g/mol. The van der Waals surface area contributed by atoms with E-state index in [1.54, 1.807) is 0 Å². The van der Waals surface area contributed by atoms with Crippen LogP contribution in [0.15, 0.2) is 60.7 Å². The molecule has 0 bridgehead atoms. The van der Waals surface area contributed by atoms with E-state index in [-0.39, 0.29) is 12.1 Å². The molecule has 0 aliphatic rings. The number of rotatable bonds is 9. The highest BCUT2D eigenvalue weighted by molar-refractivity contribution is 8.76. The molecule has 2 rings (SSSR count). The molecule has 0 saturated heterocycles. The second kappa shape index (κ2) is 9.95. The largest absolute Gasteiger partial charge is 0.327 e. The summed E-state index contributed by atoms with van der Waals surface area (Å²) < 4.78 is 0. The van der Waals surface area contributed by atoms with Crippen molar-refractivity contribution < 1.29 is 0 Å². The molecular formula is C18H24N2S2. The van der Waals surface area contributed by atoms with Crippen molar-refractivity contribution in [2.75, 3.05) is 11.5 Å². The lowest BCUT2D eigenvalue weighted by atomic mass is 10.1. The first-order chi connectivity index (χ1) is 10.7. The van der Waals surface area contributed by atoms with Gasteiger partial charge >= 0.3 is 0 Å². The second-order valence-electron chi connectivity index (χ2n) is 5.47. The van der Waals surface area contributed by atoms with Gasteiger partial charge in [-0.1, -0.05) is 82.3 Å². The van der Waals surface area contributed by atoms with Crippen molar-refractivity contribution in [1.29, 1.82) is 0 Å². The van der Waals surface area contributed by atoms with Gasteiger partial charge in [-0.25, -0.2) is 0 Å². The summed E-state index contributed by atoms with van der Waals surface area (Å²) in [6.07, 6.45) is 1.87. The van der Waals surface area contributed by atoms with Crippen LogP contribution < -0.4 is 11.5 Å². The van der Waals surface area contributed by atoms with Crippen LogP contribution in [0.25, 0.3) is 0 Å². The fourth-order valence-corrected chi connectivity index (χ4v) is 4.63. The van der Waals surface area contributed by atoms with Gasteiger partial charge in [-0.2, -0.15) is 0 Å². The van der Waals surface area contributed by atoms with Crippen LogP contribution in [0.4, 0.5) is 0 Å². The molecule has 0 unspecified atom stereocenters. The average Bonchev–Trinajstić information content (AvgIpc) is 2.53. The van der Waals surface area contributed by atoms with E-state index < -0.39 is 0 Å². The van der Waals surface area contributed by atoms with E-state index in [0.29, 0.717) is 0 Å². The van der Waals surface area contributed by atoms with Gasteiger partial charge in [0.2, 0.25) is 0 Å². The number of hydrogen-bond acceptors (Lipinski definition) is 4. The molecule has 4 N–H and O–H groups in total. The number of hydrogen-bond donors (Lipinski definition) is 2. The van der Waals surface area contributed by atoms with E-state index >= 15 is 0 Å². The Morgan fingerprint density at radius 3 is 1.36 bits per heavy atom. The first kappa shape index (κ1) is 17.4. The summed E-state index contributed by atoms with van der Waals surface area (Å²) in [5, 5.41) is 0. The Labute approximate surface area is 141 Å². The molecule has 0 fully saturated rings. The minimum absolute atomic E-state index is 0.199. The smallest absolute Gasteiger partial charge is 0.0192 e. The van der Waals surface area contributed by atoms with Gasteiger partial charge in [0.25, 0.3) is 0 Å². The summed E-state index contributed by atoms with van der Waals surface area (Å²) >= 11 is 0. The Bertz CT molecular complexity index is 470. The van der Waals surface area contributed by atoms with Gasteiger partial charge in [-0.05, 0) is 24.0 Å². The van der Waals surface area contributed by atoms with Crippen LogP contribution in [0.2, 0.25) is 0 Å². The molecule has 0 amide bonds. The van der Waals surface area contributed by atoms with Crippen molar-refractivity contribution in [1.82, 2.24) is 0 Å². The van der Waals surface area contributed by atoms with Gasteiger partial charge in [0.15, 0.2) is 0 Å². The fourth-order valence-electron chi connectivity index (χ4n) is 2.22. The van der Waals surface area contributed by atoms with E-state index in [1.807, 2.05) is 33.7 Å². The van der Waals surface area contributed by atoms with Crippen LogP contribution in [-0.4, -0.2) is 23.6 Å². The normalized spacial score (nSPS) is 13.7. The van der Waals surface area contributed by atoms with Gasteiger partial charge in [-0.3, -0.25) is 0 Å². The third kappa shape index (κ3) is 6.88. The van der Waals surface area contributed by atoms with E-state index in [1.165, 1.54) is 11.1 Å². The van der Waals surface area contributed by atoms with E-state index in [0.717, 1.165) is 24.3 Å². The standard InChI is InChI=1S/C18H24N2S2/c19-17(11-15-7-3-1-4-8-15)13-21-22-14-18(20)12-16-9-5-2-6-10-16/h1-10,17-18H,11-14,19-20H2/t17-,18+.